The van der Waals surface area contributed by atoms with E-state index in [1.807, 2.05) is 0 Å². The van der Waals surface area contributed by atoms with Crippen LogP contribution in [0.1, 0.15) is 26.2 Å². The molecule has 2 rings (SSSR count). The minimum Gasteiger partial charge on any atom is -0.497 e. The zero-order chi connectivity index (χ0) is 15.0. The van der Waals surface area contributed by atoms with Gasteiger partial charge in [0.15, 0.2) is 14.6 Å². The normalized spacial score (nSPS) is 26.4. The molecule has 1 saturated carbocycles. The zero-order valence-corrected chi connectivity index (χ0v) is 12.3. The molecule has 1 fully saturated rings. The van der Waals surface area contributed by atoms with Gasteiger partial charge in [-0.2, -0.15) is 0 Å². The van der Waals surface area contributed by atoms with Crippen LogP contribution in [0.3, 0.4) is 0 Å². The highest BCUT2D eigenvalue weighted by Gasteiger charge is 2.57. The smallest absolute Gasteiger partial charge is 0.325 e. The molecule has 0 heterocycles. The predicted molar refractivity (Wildman–Crippen MR) is 73.6 cm³/mol. The quantitative estimate of drug-likeness (QED) is 0.920. The third-order valence-electron chi connectivity index (χ3n) is 4.17. The Morgan fingerprint density at radius 1 is 1.45 bits per heavy atom. The first-order valence-electron chi connectivity index (χ1n) is 6.48. The van der Waals surface area contributed by atoms with E-state index in [0.29, 0.717) is 18.6 Å². The first kappa shape index (κ1) is 14.8. The van der Waals surface area contributed by atoms with Crippen LogP contribution in [0, 0.1) is 5.92 Å². The second kappa shape index (κ2) is 5.09. The highest BCUT2D eigenvalue weighted by atomic mass is 32.2. The SMILES string of the molecule is COc1cccc(S(=O)(=O)C2(C(=O)O)CCCC2C)c1. The minimum atomic E-state index is -3.96. The molecule has 0 aromatic heterocycles. The average Bonchev–Trinajstić information content (AvgIpc) is 2.82. The number of carboxylic acid groups (broad SMARTS) is 1. The van der Waals surface area contributed by atoms with Crippen LogP contribution in [-0.2, 0) is 14.6 Å². The molecule has 2 unspecified atom stereocenters. The van der Waals surface area contributed by atoms with E-state index in [4.69, 9.17) is 4.74 Å². The van der Waals surface area contributed by atoms with Crippen LogP contribution in [0.15, 0.2) is 29.2 Å². The maximum Gasteiger partial charge on any atom is 0.325 e. The first-order valence-corrected chi connectivity index (χ1v) is 7.96. The van der Waals surface area contributed by atoms with Crippen LogP contribution in [0.5, 0.6) is 5.75 Å². The molecule has 0 aliphatic heterocycles. The van der Waals surface area contributed by atoms with Crippen molar-refractivity contribution >= 4 is 15.8 Å². The number of sulfone groups is 1. The van der Waals surface area contributed by atoms with Crippen molar-refractivity contribution in [3.05, 3.63) is 24.3 Å². The van der Waals surface area contributed by atoms with Crippen molar-refractivity contribution in [1.82, 2.24) is 0 Å². The van der Waals surface area contributed by atoms with Gasteiger partial charge in [-0.05, 0) is 37.0 Å². The molecule has 1 aromatic carbocycles. The summed E-state index contributed by atoms with van der Waals surface area (Å²) in [5.41, 5.74) is 0. The summed E-state index contributed by atoms with van der Waals surface area (Å²) in [5.74, 6) is -1.27. The minimum absolute atomic E-state index is 0.00741. The molecule has 0 amide bonds. The van der Waals surface area contributed by atoms with E-state index in [-0.39, 0.29) is 11.3 Å². The molecule has 6 heteroatoms. The van der Waals surface area contributed by atoms with Gasteiger partial charge >= 0.3 is 5.97 Å². The Morgan fingerprint density at radius 3 is 2.65 bits per heavy atom. The Hall–Kier alpha value is -1.56. The van der Waals surface area contributed by atoms with Gasteiger partial charge in [-0.3, -0.25) is 4.79 Å². The second-order valence-corrected chi connectivity index (χ2v) is 7.38. The van der Waals surface area contributed by atoms with E-state index >= 15 is 0 Å². The van der Waals surface area contributed by atoms with Crippen molar-refractivity contribution in [2.75, 3.05) is 7.11 Å². The van der Waals surface area contributed by atoms with E-state index in [2.05, 4.69) is 0 Å². The summed E-state index contributed by atoms with van der Waals surface area (Å²) in [6, 6.07) is 5.99. The molecule has 0 bridgehead atoms. The van der Waals surface area contributed by atoms with Crippen molar-refractivity contribution in [2.24, 2.45) is 5.92 Å². The van der Waals surface area contributed by atoms with Gasteiger partial charge < -0.3 is 9.84 Å². The maximum atomic E-state index is 12.8. The number of hydrogen-bond acceptors (Lipinski definition) is 4. The zero-order valence-electron chi connectivity index (χ0n) is 11.5. The summed E-state index contributed by atoms with van der Waals surface area (Å²) < 4.78 is 29.0. The van der Waals surface area contributed by atoms with Crippen molar-refractivity contribution < 1.29 is 23.1 Å². The number of methoxy groups -OCH3 is 1. The number of carboxylic acids is 1. The number of ether oxygens (including phenoxy) is 1. The molecule has 0 saturated heterocycles. The van der Waals surface area contributed by atoms with Gasteiger partial charge in [0.2, 0.25) is 0 Å². The molecule has 0 spiro atoms. The van der Waals surface area contributed by atoms with Crippen molar-refractivity contribution in [3.63, 3.8) is 0 Å². The standard InChI is InChI=1S/C14H18O5S/c1-10-5-4-8-14(10,13(15)16)20(17,18)12-7-3-6-11(9-12)19-2/h3,6-7,9-10H,4-5,8H2,1-2H3,(H,15,16). The highest BCUT2D eigenvalue weighted by Crippen LogP contribution is 2.45. The fraction of sp³-hybridized carbons (Fsp3) is 0.500. The first-order chi connectivity index (χ1) is 9.36. The van der Waals surface area contributed by atoms with E-state index in [9.17, 15) is 18.3 Å². The number of carbonyl (C=O) groups is 1. The molecule has 20 heavy (non-hydrogen) atoms. The maximum absolute atomic E-state index is 12.8. The van der Waals surface area contributed by atoms with Crippen molar-refractivity contribution in [2.45, 2.75) is 35.8 Å². The number of benzene rings is 1. The van der Waals surface area contributed by atoms with Gasteiger partial charge in [0.1, 0.15) is 5.75 Å². The largest absolute Gasteiger partial charge is 0.497 e. The van der Waals surface area contributed by atoms with E-state index < -0.39 is 26.5 Å². The lowest BCUT2D eigenvalue weighted by Gasteiger charge is -2.28. The fourth-order valence-electron chi connectivity index (χ4n) is 2.96. The third kappa shape index (κ3) is 1.98. The molecule has 1 aromatic rings. The molecule has 1 N–H and O–H groups in total. The molecular formula is C14H18O5S. The fourth-order valence-corrected chi connectivity index (χ4v) is 5.20. The molecule has 1 aliphatic carbocycles. The summed E-state index contributed by atoms with van der Waals surface area (Å²) >= 11 is 0. The molecule has 5 nitrogen and oxygen atoms in total. The van der Waals surface area contributed by atoms with Crippen molar-refractivity contribution in [1.29, 1.82) is 0 Å². The van der Waals surface area contributed by atoms with E-state index in [0.717, 1.165) is 0 Å². The molecule has 2 atom stereocenters. The van der Waals surface area contributed by atoms with Crippen LogP contribution in [0.25, 0.3) is 0 Å². The van der Waals surface area contributed by atoms with Crippen molar-refractivity contribution in [3.8, 4) is 5.75 Å². The molecule has 1 aliphatic rings. The lowest BCUT2D eigenvalue weighted by Crippen LogP contribution is -2.48. The second-order valence-electron chi connectivity index (χ2n) is 5.17. The summed E-state index contributed by atoms with van der Waals surface area (Å²) in [4.78, 5) is 11.7. The highest BCUT2D eigenvalue weighted by molar-refractivity contribution is 7.93. The lowest BCUT2D eigenvalue weighted by atomic mass is 9.97. The van der Waals surface area contributed by atoms with Gasteiger partial charge in [0.05, 0.1) is 12.0 Å². The van der Waals surface area contributed by atoms with E-state index in [1.165, 1.54) is 19.2 Å². The van der Waals surface area contributed by atoms with Gasteiger partial charge in [0.25, 0.3) is 0 Å². The van der Waals surface area contributed by atoms with Gasteiger partial charge in [0, 0.05) is 0 Å². The Labute approximate surface area is 118 Å². The topological polar surface area (TPSA) is 80.7 Å². The predicted octanol–water partition coefficient (Wildman–Crippen LogP) is 2.11. The van der Waals surface area contributed by atoms with Gasteiger partial charge in [-0.1, -0.05) is 19.4 Å². The summed E-state index contributed by atoms with van der Waals surface area (Å²) in [6.07, 6.45) is 1.37. The van der Waals surface area contributed by atoms with Crippen LogP contribution < -0.4 is 4.74 Å². The summed E-state index contributed by atoms with van der Waals surface area (Å²) in [6.45, 7) is 1.69. The number of hydrogen-bond donors (Lipinski definition) is 1. The Balaban J connectivity index is 2.60. The van der Waals surface area contributed by atoms with Crippen LogP contribution >= 0.6 is 0 Å². The number of rotatable bonds is 4. The lowest BCUT2D eigenvalue weighted by molar-refractivity contribution is -0.141. The number of aliphatic carboxylic acids is 1. The summed E-state index contributed by atoms with van der Waals surface area (Å²) in [5, 5.41) is 9.55. The monoisotopic (exact) mass is 298 g/mol. The Bertz CT molecular complexity index is 622. The van der Waals surface area contributed by atoms with Crippen LogP contribution in [0.2, 0.25) is 0 Å². The Kier molecular flexibility index (Phi) is 3.77. The average molecular weight is 298 g/mol. The van der Waals surface area contributed by atoms with E-state index in [1.54, 1.807) is 19.1 Å². The van der Waals surface area contributed by atoms with Crippen LogP contribution in [-0.4, -0.2) is 31.4 Å². The molecule has 110 valence electrons. The van der Waals surface area contributed by atoms with Crippen LogP contribution in [0.4, 0.5) is 0 Å². The molecule has 0 radical (unpaired) electrons. The van der Waals surface area contributed by atoms with Gasteiger partial charge in [-0.15, -0.1) is 0 Å². The van der Waals surface area contributed by atoms with Gasteiger partial charge in [-0.25, -0.2) is 8.42 Å². The third-order valence-corrected chi connectivity index (χ3v) is 6.79. The Morgan fingerprint density at radius 2 is 2.15 bits per heavy atom. The molecular weight excluding hydrogens is 280 g/mol. The summed E-state index contributed by atoms with van der Waals surface area (Å²) in [7, 11) is -2.52.